The summed E-state index contributed by atoms with van der Waals surface area (Å²) in [7, 11) is 0. The quantitative estimate of drug-likeness (QED) is 0.492. The number of carbonyl (C=O) groups is 1. The molecule has 11 heteroatoms. The predicted molar refractivity (Wildman–Crippen MR) is 111 cm³/mol. The molecule has 4 rings (SSSR count). The molecule has 166 valence electrons. The van der Waals surface area contributed by atoms with E-state index in [0.29, 0.717) is 6.07 Å². The summed E-state index contributed by atoms with van der Waals surface area (Å²) in [5.74, 6) is -2.55. The number of nitrogens with zero attached hydrogens (tertiary/aromatic N) is 3. The minimum atomic E-state index is -1.90. The van der Waals surface area contributed by atoms with Crippen molar-refractivity contribution in [3.8, 4) is 17.0 Å². The second kappa shape index (κ2) is 7.73. The van der Waals surface area contributed by atoms with Gasteiger partial charge in [0.1, 0.15) is 47.0 Å². The Hall–Kier alpha value is -3.21. The van der Waals surface area contributed by atoms with Crippen molar-refractivity contribution < 1.29 is 23.4 Å². The van der Waals surface area contributed by atoms with Crippen LogP contribution in [0.3, 0.4) is 0 Å². The molecule has 32 heavy (non-hydrogen) atoms. The van der Waals surface area contributed by atoms with Gasteiger partial charge in [-0.2, -0.15) is 0 Å². The van der Waals surface area contributed by atoms with Crippen LogP contribution in [0.4, 0.5) is 8.78 Å². The first-order chi connectivity index (χ1) is 15.1. The second-order valence-electron chi connectivity index (χ2n) is 7.66. The summed E-state index contributed by atoms with van der Waals surface area (Å²) >= 11 is 5.88. The van der Waals surface area contributed by atoms with Gasteiger partial charge in [-0.1, -0.05) is 11.6 Å². The number of primary amides is 1. The van der Waals surface area contributed by atoms with Crippen molar-refractivity contribution in [1.82, 2.24) is 15.0 Å². The molecule has 8 nitrogen and oxygen atoms in total. The summed E-state index contributed by atoms with van der Waals surface area (Å²) < 4.78 is 34.2. The lowest BCUT2D eigenvalue weighted by atomic mass is 9.81. The van der Waals surface area contributed by atoms with Crippen LogP contribution in [-0.2, 0) is 15.8 Å². The van der Waals surface area contributed by atoms with Crippen molar-refractivity contribution in [2.24, 2.45) is 11.5 Å². The minimum absolute atomic E-state index is 0.0265. The van der Waals surface area contributed by atoms with Gasteiger partial charge < -0.3 is 21.3 Å². The maximum atomic E-state index is 14.8. The smallest absolute Gasteiger partial charge is 0.231 e. The van der Waals surface area contributed by atoms with Crippen LogP contribution in [0.25, 0.3) is 11.3 Å². The van der Waals surface area contributed by atoms with Crippen LogP contribution in [0.2, 0.25) is 5.02 Å². The normalized spacial score (nSPS) is 19.2. The number of fused-ring (bicyclic) bond motifs is 1. The van der Waals surface area contributed by atoms with Crippen molar-refractivity contribution in [3.63, 3.8) is 0 Å². The Balaban J connectivity index is 2.05. The molecule has 2 aromatic heterocycles. The Labute approximate surface area is 186 Å². The van der Waals surface area contributed by atoms with Gasteiger partial charge in [-0.3, -0.25) is 4.79 Å². The fourth-order valence-electron chi connectivity index (χ4n) is 3.57. The third kappa shape index (κ3) is 3.27. The molecule has 0 bridgehead atoms. The molecule has 0 unspecified atom stereocenters. The molecule has 0 saturated carbocycles. The maximum Gasteiger partial charge on any atom is 0.231 e. The molecule has 1 aliphatic heterocycles. The van der Waals surface area contributed by atoms with Crippen molar-refractivity contribution >= 4 is 17.5 Å². The predicted octanol–water partition coefficient (Wildman–Crippen LogP) is 1.80. The van der Waals surface area contributed by atoms with Crippen LogP contribution < -0.4 is 16.2 Å². The van der Waals surface area contributed by atoms with Gasteiger partial charge in [0.15, 0.2) is 0 Å². The number of ether oxygens (including phenoxy) is 1. The zero-order valence-corrected chi connectivity index (χ0v) is 17.5. The van der Waals surface area contributed by atoms with Gasteiger partial charge in [0.05, 0.1) is 10.7 Å². The number of benzene rings is 1. The first-order valence-corrected chi connectivity index (χ1v) is 9.81. The molecular formula is C21H18ClF2N5O3. The van der Waals surface area contributed by atoms with Gasteiger partial charge in [-0.05, 0) is 19.1 Å². The number of pyridine rings is 1. The standard InChI is InChI=1S/C21H18ClF2N5O3/c1-20(19(26)30)8-32-18-12(20)3-16(21(31,7-25)10-5-27-9-28-6-10)29-17(18)11-2-13(22)15(24)4-14(11)23/h2-6,9,31H,7-8,25H2,1H3,(H2,26,30)/t20-,21+/m0/s1. The topological polar surface area (TPSA) is 137 Å². The summed E-state index contributed by atoms with van der Waals surface area (Å²) in [6.07, 6.45) is 3.98. The maximum absolute atomic E-state index is 14.8. The van der Waals surface area contributed by atoms with E-state index in [4.69, 9.17) is 27.8 Å². The van der Waals surface area contributed by atoms with E-state index in [9.17, 15) is 18.7 Å². The highest BCUT2D eigenvalue weighted by molar-refractivity contribution is 6.31. The fourth-order valence-corrected chi connectivity index (χ4v) is 3.73. The number of aromatic nitrogens is 3. The Morgan fingerprint density at radius 3 is 2.59 bits per heavy atom. The molecule has 0 fully saturated rings. The molecule has 5 N–H and O–H groups in total. The SMILES string of the molecule is C[C@]1(C(N)=O)COc2c1cc([C@@](O)(CN)c1cncnc1)nc2-c1cc(Cl)c(F)cc1F. The number of nitrogens with two attached hydrogens (primary N) is 2. The molecule has 1 aromatic carbocycles. The number of aliphatic hydroxyl groups is 1. The van der Waals surface area contributed by atoms with E-state index in [1.165, 1.54) is 24.8 Å². The van der Waals surface area contributed by atoms with E-state index < -0.39 is 28.6 Å². The minimum Gasteiger partial charge on any atom is -0.489 e. The lowest BCUT2D eigenvalue weighted by Gasteiger charge is -2.28. The van der Waals surface area contributed by atoms with E-state index in [1.54, 1.807) is 6.92 Å². The molecule has 3 heterocycles. The lowest BCUT2D eigenvalue weighted by Crippen LogP contribution is -2.41. The lowest BCUT2D eigenvalue weighted by molar-refractivity contribution is -0.123. The number of hydrogen-bond acceptors (Lipinski definition) is 7. The zero-order valence-electron chi connectivity index (χ0n) is 16.8. The Bertz CT molecular complexity index is 1230. The Morgan fingerprint density at radius 1 is 1.28 bits per heavy atom. The summed E-state index contributed by atoms with van der Waals surface area (Å²) in [6.45, 7) is 1.07. The van der Waals surface area contributed by atoms with Crippen LogP contribution in [0.5, 0.6) is 5.75 Å². The van der Waals surface area contributed by atoms with Crippen LogP contribution in [0.1, 0.15) is 23.7 Å². The summed E-state index contributed by atoms with van der Waals surface area (Å²) in [5, 5.41) is 11.1. The number of amides is 1. The highest BCUT2D eigenvalue weighted by Crippen LogP contribution is 2.46. The second-order valence-corrected chi connectivity index (χ2v) is 8.06. The van der Waals surface area contributed by atoms with Gasteiger partial charge in [-0.25, -0.2) is 23.7 Å². The van der Waals surface area contributed by atoms with E-state index in [-0.39, 0.29) is 52.0 Å². The van der Waals surface area contributed by atoms with Gasteiger partial charge in [0.25, 0.3) is 0 Å². The monoisotopic (exact) mass is 461 g/mol. The highest BCUT2D eigenvalue weighted by atomic mass is 35.5. The van der Waals surface area contributed by atoms with Crippen molar-refractivity contribution in [3.05, 3.63) is 70.4 Å². The van der Waals surface area contributed by atoms with Gasteiger partial charge >= 0.3 is 0 Å². The van der Waals surface area contributed by atoms with E-state index in [2.05, 4.69) is 15.0 Å². The first kappa shape index (κ1) is 22.0. The summed E-state index contributed by atoms with van der Waals surface area (Å²) in [5.41, 5.74) is 8.50. The molecule has 0 saturated heterocycles. The largest absolute Gasteiger partial charge is 0.489 e. The third-order valence-electron chi connectivity index (χ3n) is 5.64. The van der Waals surface area contributed by atoms with Crippen LogP contribution in [-0.4, -0.2) is 39.1 Å². The fraction of sp³-hybridized carbons (Fsp3) is 0.238. The average molecular weight is 462 g/mol. The number of halogens is 3. The van der Waals surface area contributed by atoms with Crippen molar-refractivity contribution in [1.29, 1.82) is 0 Å². The van der Waals surface area contributed by atoms with Gasteiger partial charge in [0.2, 0.25) is 5.91 Å². The molecule has 0 aliphatic carbocycles. The molecule has 1 aliphatic rings. The number of hydrogen-bond donors (Lipinski definition) is 3. The van der Waals surface area contributed by atoms with Gasteiger partial charge in [0, 0.05) is 41.7 Å². The van der Waals surface area contributed by atoms with Crippen molar-refractivity contribution in [2.75, 3.05) is 13.2 Å². The van der Waals surface area contributed by atoms with E-state index in [1.807, 2.05) is 0 Å². The van der Waals surface area contributed by atoms with Gasteiger partial charge in [-0.15, -0.1) is 0 Å². The van der Waals surface area contributed by atoms with Crippen LogP contribution in [0, 0.1) is 11.6 Å². The average Bonchev–Trinajstić information content (AvgIpc) is 3.14. The molecular weight excluding hydrogens is 444 g/mol. The first-order valence-electron chi connectivity index (χ1n) is 9.43. The number of rotatable bonds is 5. The van der Waals surface area contributed by atoms with Crippen molar-refractivity contribution in [2.45, 2.75) is 17.9 Å². The van der Waals surface area contributed by atoms with Crippen LogP contribution >= 0.6 is 11.6 Å². The molecule has 2 atom stereocenters. The number of carbonyl (C=O) groups excluding carboxylic acids is 1. The summed E-state index contributed by atoms with van der Waals surface area (Å²) in [6, 6.07) is 3.09. The third-order valence-corrected chi connectivity index (χ3v) is 5.93. The zero-order chi connectivity index (χ0) is 23.3. The molecule has 0 radical (unpaired) electrons. The summed E-state index contributed by atoms with van der Waals surface area (Å²) in [4.78, 5) is 24.5. The highest BCUT2D eigenvalue weighted by Gasteiger charge is 2.46. The van der Waals surface area contributed by atoms with E-state index >= 15 is 0 Å². The Kier molecular flexibility index (Phi) is 5.32. The molecule has 1 amide bonds. The van der Waals surface area contributed by atoms with E-state index in [0.717, 1.165) is 6.07 Å². The Morgan fingerprint density at radius 2 is 1.97 bits per heavy atom. The van der Waals surface area contributed by atoms with Crippen LogP contribution in [0.15, 0.2) is 36.9 Å². The molecule has 3 aromatic rings. The molecule has 0 spiro atoms.